The molecule has 0 radical (unpaired) electrons. The van der Waals surface area contributed by atoms with Crippen LogP contribution in [0, 0.1) is 0 Å². The van der Waals surface area contributed by atoms with Gasteiger partial charge >= 0.3 is 0 Å². The van der Waals surface area contributed by atoms with Gasteiger partial charge in [0.25, 0.3) is 5.91 Å². The third-order valence-corrected chi connectivity index (χ3v) is 4.62. The number of rotatable bonds is 7. The molecule has 0 fully saturated rings. The van der Waals surface area contributed by atoms with E-state index in [0.717, 1.165) is 6.54 Å². The van der Waals surface area contributed by atoms with Crippen LogP contribution in [-0.4, -0.2) is 51.8 Å². The second-order valence-corrected chi connectivity index (χ2v) is 6.98. The van der Waals surface area contributed by atoms with Gasteiger partial charge in [-0.3, -0.25) is 14.6 Å². The summed E-state index contributed by atoms with van der Waals surface area (Å²) in [5.41, 5.74) is 1.77. The number of amides is 2. The van der Waals surface area contributed by atoms with Crippen molar-refractivity contribution >= 4 is 23.7 Å². The van der Waals surface area contributed by atoms with Crippen molar-refractivity contribution in [1.29, 1.82) is 0 Å². The number of anilines is 1. The Morgan fingerprint density at radius 2 is 1.82 bits per heavy atom. The fourth-order valence-electron chi connectivity index (χ4n) is 3.17. The Kier molecular flexibility index (Phi) is 6.21. The van der Waals surface area contributed by atoms with Crippen molar-refractivity contribution in [3.63, 3.8) is 0 Å². The van der Waals surface area contributed by atoms with Crippen LogP contribution in [0.25, 0.3) is 0 Å². The molecule has 1 aliphatic heterocycles. The summed E-state index contributed by atoms with van der Waals surface area (Å²) in [5, 5.41) is 0. The summed E-state index contributed by atoms with van der Waals surface area (Å²) in [6.07, 6.45) is 1.68. The lowest BCUT2D eigenvalue weighted by atomic mass is 9.89. The standard InChI is InChI=1S/C22H25N3O3/c1-4-28-17-11-9-16(10-12-17)25-21(26)19-8-6-5-7-18(19)20(22(25)27)15-23-13-14-24(2)3/h5-12,15,20H,4,13-14H2,1-3H3/p+1/t20-/m0/s1. The quantitative estimate of drug-likeness (QED) is 0.586. The van der Waals surface area contributed by atoms with Crippen molar-refractivity contribution in [3.8, 4) is 5.75 Å². The van der Waals surface area contributed by atoms with Crippen LogP contribution in [0.5, 0.6) is 5.75 Å². The molecule has 0 spiro atoms. The average molecular weight is 380 g/mol. The van der Waals surface area contributed by atoms with Gasteiger partial charge in [-0.1, -0.05) is 18.2 Å². The van der Waals surface area contributed by atoms with E-state index in [0.29, 0.717) is 35.7 Å². The van der Waals surface area contributed by atoms with Gasteiger partial charge in [0.15, 0.2) is 0 Å². The predicted molar refractivity (Wildman–Crippen MR) is 110 cm³/mol. The highest BCUT2D eigenvalue weighted by Crippen LogP contribution is 2.32. The molecule has 2 aromatic carbocycles. The average Bonchev–Trinajstić information content (AvgIpc) is 2.69. The lowest BCUT2D eigenvalue weighted by molar-refractivity contribution is -0.856. The van der Waals surface area contributed by atoms with Crippen LogP contribution in [0.2, 0.25) is 0 Å². The number of likely N-dealkylation sites (N-methyl/N-ethyl adjacent to an activating group) is 1. The molecule has 1 atom stereocenters. The molecule has 0 saturated carbocycles. The Labute approximate surface area is 165 Å². The van der Waals surface area contributed by atoms with Crippen molar-refractivity contribution in [2.45, 2.75) is 12.8 Å². The number of nitrogens with one attached hydrogen (secondary N) is 1. The van der Waals surface area contributed by atoms with Crippen molar-refractivity contribution in [1.82, 2.24) is 0 Å². The molecule has 0 bridgehead atoms. The van der Waals surface area contributed by atoms with Gasteiger partial charge in [-0.25, -0.2) is 4.90 Å². The smallest absolute Gasteiger partial charge is 0.265 e. The molecule has 6 heteroatoms. The van der Waals surface area contributed by atoms with E-state index in [1.165, 1.54) is 9.80 Å². The molecule has 0 saturated heterocycles. The first-order valence-corrected chi connectivity index (χ1v) is 9.52. The number of hydrogen-bond donors (Lipinski definition) is 1. The summed E-state index contributed by atoms with van der Waals surface area (Å²) >= 11 is 0. The Bertz CT molecular complexity index is 875. The highest BCUT2D eigenvalue weighted by atomic mass is 16.5. The van der Waals surface area contributed by atoms with E-state index in [9.17, 15) is 9.59 Å². The molecule has 1 aliphatic rings. The van der Waals surface area contributed by atoms with Gasteiger partial charge in [0.1, 0.15) is 5.75 Å². The fraction of sp³-hybridized carbons (Fsp3) is 0.318. The number of carbonyl (C=O) groups is 2. The molecule has 146 valence electrons. The van der Waals surface area contributed by atoms with Crippen LogP contribution in [-0.2, 0) is 4.79 Å². The number of carbonyl (C=O) groups excluding carboxylic acids is 2. The summed E-state index contributed by atoms with van der Waals surface area (Å²) < 4.78 is 5.45. The molecular formula is C22H26N3O3+. The molecule has 6 nitrogen and oxygen atoms in total. The number of hydrogen-bond acceptors (Lipinski definition) is 4. The topological polar surface area (TPSA) is 63.4 Å². The number of fused-ring (bicyclic) bond motifs is 1. The number of nitrogens with zero attached hydrogens (tertiary/aromatic N) is 2. The minimum atomic E-state index is -0.572. The normalized spacial score (nSPS) is 16.7. The Balaban J connectivity index is 1.94. The molecule has 2 amide bonds. The molecular weight excluding hydrogens is 354 g/mol. The largest absolute Gasteiger partial charge is 0.494 e. The van der Waals surface area contributed by atoms with Crippen molar-refractivity contribution < 1.29 is 19.2 Å². The maximum atomic E-state index is 13.2. The van der Waals surface area contributed by atoms with E-state index in [1.54, 1.807) is 36.5 Å². The van der Waals surface area contributed by atoms with Gasteiger partial charge in [0.2, 0.25) is 5.91 Å². The van der Waals surface area contributed by atoms with Crippen LogP contribution >= 0.6 is 0 Å². The maximum Gasteiger partial charge on any atom is 0.265 e. The zero-order valence-electron chi connectivity index (χ0n) is 16.5. The van der Waals surface area contributed by atoms with Crippen molar-refractivity contribution in [2.24, 2.45) is 4.99 Å². The summed E-state index contributed by atoms with van der Waals surface area (Å²) in [6.45, 7) is 3.97. The summed E-state index contributed by atoms with van der Waals surface area (Å²) in [6, 6.07) is 14.2. The molecule has 28 heavy (non-hydrogen) atoms. The van der Waals surface area contributed by atoms with Crippen LogP contribution in [0.4, 0.5) is 5.69 Å². The highest BCUT2D eigenvalue weighted by Gasteiger charge is 2.38. The molecule has 1 N–H and O–H groups in total. The van der Waals surface area contributed by atoms with Crippen molar-refractivity contribution in [3.05, 3.63) is 59.7 Å². The Morgan fingerprint density at radius 1 is 1.11 bits per heavy atom. The molecule has 3 rings (SSSR count). The minimum Gasteiger partial charge on any atom is -0.494 e. The Morgan fingerprint density at radius 3 is 2.50 bits per heavy atom. The third-order valence-electron chi connectivity index (χ3n) is 4.62. The summed E-state index contributed by atoms with van der Waals surface area (Å²) in [4.78, 5) is 33.2. The van der Waals surface area contributed by atoms with E-state index in [-0.39, 0.29) is 11.8 Å². The SMILES string of the molecule is CCOc1ccc(N2C(=O)c3ccccc3[C@H](C=NCC[NH+](C)C)C2=O)cc1. The molecule has 0 unspecified atom stereocenters. The zero-order chi connectivity index (χ0) is 20.1. The van der Waals surface area contributed by atoms with E-state index >= 15 is 0 Å². The first-order valence-electron chi connectivity index (χ1n) is 9.52. The second-order valence-electron chi connectivity index (χ2n) is 6.98. The van der Waals surface area contributed by atoms with Gasteiger partial charge < -0.3 is 9.64 Å². The number of imide groups is 1. The Hall–Kier alpha value is -2.99. The van der Waals surface area contributed by atoms with Crippen LogP contribution in [0.3, 0.4) is 0 Å². The summed E-state index contributed by atoms with van der Waals surface area (Å²) in [7, 11) is 4.12. The monoisotopic (exact) mass is 380 g/mol. The number of ether oxygens (including phenoxy) is 1. The number of quaternary nitrogens is 1. The lowest BCUT2D eigenvalue weighted by Gasteiger charge is -2.31. The number of benzene rings is 2. The van der Waals surface area contributed by atoms with Gasteiger partial charge in [0.05, 0.1) is 45.4 Å². The van der Waals surface area contributed by atoms with Gasteiger partial charge in [-0.05, 0) is 42.8 Å². The van der Waals surface area contributed by atoms with Crippen LogP contribution < -0.4 is 14.5 Å². The molecule has 0 aromatic heterocycles. The molecule has 0 aliphatic carbocycles. The maximum absolute atomic E-state index is 13.2. The predicted octanol–water partition coefficient (Wildman–Crippen LogP) is 1.57. The second kappa shape index (κ2) is 8.80. The number of aliphatic imine (C=N–C) groups is 1. The fourth-order valence-corrected chi connectivity index (χ4v) is 3.17. The third kappa shape index (κ3) is 4.12. The van der Waals surface area contributed by atoms with Gasteiger partial charge in [-0.2, -0.15) is 0 Å². The van der Waals surface area contributed by atoms with Gasteiger partial charge in [0, 0.05) is 11.8 Å². The van der Waals surface area contributed by atoms with E-state index in [2.05, 4.69) is 19.1 Å². The first kappa shape index (κ1) is 19.8. The first-order chi connectivity index (χ1) is 13.5. The lowest BCUT2D eigenvalue weighted by Crippen LogP contribution is -3.06. The van der Waals surface area contributed by atoms with E-state index in [4.69, 9.17) is 4.74 Å². The zero-order valence-corrected chi connectivity index (χ0v) is 16.5. The van der Waals surface area contributed by atoms with Crippen LogP contribution in [0.1, 0.15) is 28.8 Å². The van der Waals surface area contributed by atoms with Crippen LogP contribution in [0.15, 0.2) is 53.5 Å². The minimum absolute atomic E-state index is 0.284. The molecule has 2 aromatic rings. The van der Waals surface area contributed by atoms with Crippen molar-refractivity contribution in [2.75, 3.05) is 38.7 Å². The highest BCUT2D eigenvalue weighted by molar-refractivity contribution is 6.29. The van der Waals surface area contributed by atoms with E-state index < -0.39 is 5.92 Å². The van der Waals surface area contributed by atoms with Gasteiger partial charge in [-0.15, -0.1) is 0 Å². The molecule has 1 heterocycles. The van der Waals surface area contributed by atoms with E-state index in [1.807, 2.05) is 25.1 Å². The summed E-state index contributed by atoms with van der Waals surface area (Å²) in [5.74, 6) is -0.466.